The summed E-state index contributed by atoms with van der Waals surface area (Å²) in [6.45, 7) is 0. The van der Waals surface area contributed by atoms with Crippen molar-refractivity contribution in [3.05, 3.63) is 57.2 Å². The Morgan fingerprint density at radius 1 is 1.00 bits per heavy atom. The van der Waals surface area contributed by atoms with Crippen molar-refractivity contribution in [2.45, 2.75) is 0 Å². The highest BCUT2D eigenvalue weighted by atomic mass is 127. The molecule has 0 atom stereocenters. The fourth-order valence-corrected chi connectivity index (χ4v) is 2.83. The lowest BCUT2D eigenvalue weighted by atomic mass is 10.1. The average Bonchev–Trinajstić information content (AvgIpc) is 2.94. The number of nitrogens with zero attached hydrogens (tertiary/aromatic N) is 1. The lowest BCUT2D eigenvalue weighted by molar-refractivity contribution is 0.0965. The van der Waals surface area contributed by atoms with E-state index in [9.17, 15) is 9.59 Å². The summed E-state index contributed by atoms with van der Waals surface area (Å²) in [6.07, 6.45) is 0. The summed E-state index contributed by atoms with van der Waals surface area (Å²) in [4.78, 5) is 23.4. The van der Waals surface area contributed by atoms with Gasteiger partial charge >= 0.3 is 0 Å². The minimum Gasteiger partial charge on any atom is -0.366 e. The van der Waals surface area contributed by atoms with E-state index in [0.717, 1.165) is 14.6 Å². The summed E-state index contributed by atoms with van der Waals surface area (Å²) in [6, 6.07) is 12.2. The van der Waals surface area contributed by atoms with Crippen LogP contribution in [0, 0.1) is 3.57 Å². The zero-order valence-corrected chi connectivity index (χ0v) is 11.9. The summed E-state index contributed by atoms with van der Waals surface area (Å²) in [5, 5.41) is 0. The Morgan fingerprint density at radius 2 is 1.63 bits per heavy atom. The molecule has 0 fully saturated rings. The van der Waals surface area contributed by atoms with Gasteiger partial charge in [0.1, 0.15) is 0 Å². The molecule has 5 heteroatoms. The summed E-state index contributed by atoms with van der Waals surface area (Å²) < 4.78 is 2.72. The van der Waals surface area contributed by atoms with Crippen LogP contribution < -0.4 is 5.73 Å². The van der Waals surface area contributed by atoms with Crippen LogP contribution in [0.2, 0.25) is 0 Å². The van der Waals surface area contributed by atoms with Gasteiger partial charge < -0.3 is 5.73 Å². The van der Waals surface area contributed by atoms with Crippen molar-refractivity contribution in [3.8, 4) is 0 Å². The summed E-state index contributed by atoms with van der Waals surface area (Å²) in [5.74, 6) is -0.601. The molecular formula is C14H9IN2O2. The van der Waals surface area contributed by atoms with E-state index < -0.39 is 5.91 Å². The topological polar surface area (TPSA) is 65.1 Å². The minimum atomic E-state index is -0.498. The highest BCUT2D eigenvalue weighted by Gasteiger charge is 2.17. The minimum absolute atomic E-state index is 0.103. The Bertz CT molecular complexity index is 774. The number of aromatic nitrogens is 1. The summed E-state index contributed by atoms with van der Waals surface area (Å²) in [5.41, 5.74) is 7.88. The number of amides is 1. The van der Waals surface area contributed by atoms with Crippen LogP contribution >= 0.6 is 22.6 Å². The van der Waals surface area contributed by atoms with Crippen molar-refractivity contribution in [1.82, 2.24) is 4.57 Å². The standard InChI is InChI=1S/C14H9IN2O2/c15-11-7-10-5-6-12(11)17(10)14(19)9-3-1-8(2-4-9)13(16)18/h1-7H,(H2,16,18). The monoisotopic (exact) mass is 364 g/mol. The van der Waals surface area contributed by atoms with Crippen LogP contribution in [0.4, 0.5) is 0 Å². The molecule has 0 spiro atoms. The zero-order chi connectivity index (χ0) is 13.6. The number of halogens is 1. The largest absolute Gasteiger partial charge is 0.366 e. The number of rotatable bonds is 2. The third kappa shape index (κ3) is 1.90. The smallest absolute Gasteiger partial charge is 0.262 e. The van der Waals surface area contributed by atoms with Gasteiger partial charge in [0, 0.05) is 14.7 Å². The van der Waals surface area contributed by atoms with Crippen LogP contribution in [0.15, 0.2) is 42.5 Å². The molecule has 0 saturated carbocycles. The average molecular weight is 364 g/mol. The second-order valence-corrected chi connectivity index (χ2v) is 5.38. The molecule has 0 aliphatic rings. The maximum atomic E-state index is 12.4. The van der Waals surface area contributed by atoms with Gasteiger partial charge in [0.25, 0.3) is 5.91 Å². The number of fused-ring (bicyclic) bond motifs is 2. The van der Waals surface area contributed by atoms with Crippen molar-refractivity contribution >= 4 is 45.4 Å². The maximum absolute atomic E-state index is 12.4. The highest BCUT2D eigenvalue weighted by molar-refractivity contribution is 14.1. The molecule has 2 heterocycles. The second kappa shape index (κ2) is 4.34. The molecule has 3 aromatic rings. The van der Waals surface area contributed by atoms with Gasteiger partial charge in [-0.05, 0) is 65.1 Å². The molecule has 1 amide bonds. The Morgan fingerprint density at radius 3 is 2.11 bits per heavy atom. The number of carbonyl (C=O) groups excluding carboxylic acids is 2. The van der Waals surface area contributed by atoms with Gasteiger partial charge in [-0.1, -0.05) is 0 Å². The van der Waals surface area contributed by atoms with E-state index in [1.807, 2.05) is 18.2 Å². The van der Waals surface area contributed by atoms with E-state index in [1.165, 1.54) is 0 Å². The van der Waals surface area contributed by atoms with Gasteiger partial charge in [0.2, 0.25) is 5.91 Å². The van der Waals surface area contributed by atoms with Crippen LogP contribution in [0.1, 0.15) is 20.7 Å². The van der Waals surface area contributed by atoms with Crippen LogP contribution in [0.3, 0.4) is 0 Å². The van der Waals surface area contributed by atoms with Crippen LogP contribution in [-0.2, 0) is 0 Å². The Labute approximate surface area is 122 Å². The van der Waals surface area contributed by atoms with Crippen molar-refractivity contribution < 1.29 is 9.59 Å². The molecule has 2 aromatic heterocycles. The molecule has 4 nitrogen and oxygen atoms in total. The van der Waals surface area contributed by atoms with E-state index in [2.05, 4.69) is 22.6 Å². The number of hydrogen-bond donors (Lipinski definition) is 1. The SMILES string of the molecule is NC(=O)c1ccc(C(=O)n2c3ccc2c(I)c3)cc1. The number of primary amides is 1. The Kier molecular flexibility index (Phi) is 2.78. The lowest BCUT2D eigenvalue weighted by Crippen LogP contribution is -2.13. The van der Waals surface area contributed by atoms with Gasteiger partial charge in [0.05, 0.1) is 11.0 Å². The van der Waals surface area contributed by atoms with Crippen molar-refractivity contribution in [1.29, 1.82) is 0 Å². The molecule has 0 radical (unpaired) electrons. The first-order valence-corrected chi connectivity index (χ1v) is 6.69. The molecule has 2 N–H and O–H groups in total. The molecule has 2 bridgehead atoms. The molecule has 1 aromatic carbocycles. The van der Waals surface area contributed by atoms with Crippen molar-refractivity contribution in [2.24, 2.45) is 5.73 Å². The number of nitrogens with two attached hydrogens (primary N) is 1. The summed E-state index contributed by atoms with van der Waals surface area (Å²) in [7, 11) is 0. The summed E-state index contributed by atoms with van der Waals surface area (Å²) >= 11 is 2.20. The molecule has 0 saturated heterocycles. The van der Waals surface area contributed by atoms with Gasteiger partial charge in [-0.15, -0.1) is 0 Å². The van der Waals surface area contributed by atoms with E-state index in [4.69, 9.17) is 5.73 Å². The Balaban J connectivity index is 2.03. The van der Waals surface area contributed by atoms with Gasteiger partial charge in [-0.2, -0.15) is 0 Å². The molecule has 19 heavy (non-hydrogen) atoms. The molecule has 94 valence electrons. The first kappa shape index (κ1) is 12.2. The molecule has 3 rings (SSSR count). The highest BCUT2D eigenvalue weighted by Crippen LogP contribution is 2.25. The zero-order valence-electron chi connectivity index (χ0n) is 9.76. The third-order valence-electron chi connectivity index (χ3n) is 3.05. The van der Waals surface area contributed by atoms with E-state index in [0.29, 0.717) is 11.1 Å². The van der Waals surface area contributed by atoms with Crippen LogP contribution in [-0.4, -0.2) is 16.4 Å². The van der Waals surface area contributed by atoms with Gasteiger partial charge in [-0.25, -0.2) is 0 Å². The number of hydrogen-bond acceptors (Lipinski definition) is 2. The Hall–Kier alpha value is -1.89. The van der Waals surface area contributed by atoms with Gasteiger partial charge in [-0.3, -0.25) is 14.2 Å². The maximum Gasteiger partial charge on any atom is 0.262 e. The van der Waals surface area contributed by atoms with Crippen LogP contribution in [0.25, 0.3) is 11.0 Å². The predicted molar refractivity (Wildman–Crippen MR) is 80.5 cm³/mol. The quantitative estimate of drug-likeness (QED) is 0.710. The first-order valence-electron chi connectivity index (χ1n) is 5.62. The van der Waals surface area contributed by atoms with Crippen molar-refractivity contribution in [3.63, 3.8) is 0 Å². The molecule has 0 aliphatic heterocycles. The van der Waals surface area contributed by atoms with E-state index >= 15 is 0 Å². The normalized spacial score (nSPS) is 11.0. The fourth-order valence-electron chi connectivity index (χ4n) is 2.09. The molecular weight excluding hydrogens is 355 g/mol. The molecule has 0 unspecified atom stereocenters. The van der Waals surface area contributed by atoms with Crippen LogP contribution in [0.5, 0.6) is 0 Å². The van der Waals surface area contributed by atoms with E-state index in [1.54, 1.807) is 28.8 Å². The lowest BCUT2D eigenvalue weighted by Gasteiger charge is -2.04. The third-order valence-corrected chi connectivity index (χ3v) is 3.91. The second-order valence-electron chi connectivity index (χ2n) is 4.22. The van der Waals surface area contributed by atoms with E-state index in [-0.39, 0.29) is 5.91 Å². The molecule has 0 aliphatic carbocycles. The first-order chi connectivity index (χ1) is 9.08. The van der Waals surface area contributed by atoms with Crippen molar-refractivity contribution in [2.75, 3.05) is 0 Å². The fraction of sp³-hybridized carbons (Fsp3) is 0. The number of benzene rings is 2. The predicted octanol–water partition coefficient (Wildman–Crippen LogP) is 2.47. The number of carbonyl (C=O) groups is 2. The van der Waals surface area contributed by atoms with Gasteiger partial charge in [0.15, 0.2) is 0 Å².